The van der Waals surface area contributed by atoms with Crippen molar-refractivity contribution in [3.8, 4) is 0 Å². The van der Waals surface area contributed by atoms with Gasteiger partial charge in [-0.25, -0.2) is 0 Å². The van der Waals surface area contributed by atoms with Gasteiger partial charge in [-0.2, -0.15) is 13.2 Å². The summed E-state index contributed by atoms with van der Waals surface area (Å²) in [7, 11) is -3.47. The maximum Gasteiger partial charge on any atom is 0.416 e. The van der Waals surface area contributed by atoms with Crippen molar-refractivity contribution in [3.63, 3.8) is 0 Å². The molecule has 1 N–H and O–H groups in total. The number of benzene rings is 3. The predicted molar refractivity (Wildman–Crippen MR) is 130 cm³/mol. The van der Waals surface area contributed by atoms with E-state index in [9.17, 15) is 17.7 Å². The second-order valence-corrected chi connectivity index (χ2v) is 10.9. The number of hydrogen-bond acceptors (Lipinski definition) is 4. The highest BCUT2D eigenvalue weighted by atomic mass is 31.2. The Kier molecular flexibility index (Phi) is 6.28. The van der Waals surface area contributed by atoms with Crippen LogP contribution < -0.4 is 10.6 Å². The third-order valence-electron chi connectivity index (χ3n) is 6.89. The molecule has 0 saturated carbocycles. The number of anilines is 1. The van der Waals surface area contributed by atoms with E-state index in [2.05, 4.69) is 17.4 Å². The molecule has 0 spiro atoms. The molecular weight excluding hydrogens is 474 g/mol. The lowest BCUT2D eigenvalue weighted by Gasteiger charge is -2.38. The summed E-state index contributed by atoms with van der Waals surface area (Å²) < 4.78 is 64.0. The number of nitrogens with one attached hydrogen (secondary N) is 1. The lowest BCUT2D eigenvalue weighted by atomic mass is 9.75. The fraction of sp³-hybridized carbons (Fsp3) is 0.333. The molecule has 8 heteroatoms. The second kappa shape index (κ2) is 9.12. The zero-order chi connectivity index (χ0) is 24.8. The van der Waals surface area contributed by atoms with E-state index >= 15 is 0 Å². The number of rotatable bonds is 6. The standard InChI is InChI=1S/C27H27F3NO3P/c1-3-33-35(32,34-4-2)20-13-14-24-22(16-20)25-21-8-6-5-7-18(21)15-23(25)26(31-24)17-9-11-19(12-10-17)27(28,29)30/h5-14,16,23,25-26,31H,3-4,15H2,1-2H3/t23-,25-,26-/m1/s1. The van der Waals surface area contributed by atoms with Crippen LogP contribution in [0.15, 0.2) is 66.7 Å². The molecule has 3 atom stereocenters. The van der Waals surface area contributed by atoms with Gasteiger partial charge in [-0.15, -0.1) is 0 Å². The summed E-state index contributed by atoms with van der Waals surface area (Å²) in [5, 5.41) is 4.08. The summed E-state index contributed by atoms with van der Waals surface area (Å²) in [6.07, 6.45) is -3.58. The van der Waals surface area contributed by atoms with Gasteiger partial charge in [0.25, 0.3) is 0 Å². The number of fused-ring (bicyclic) bond motifs is 5. The van der Waals surface area contributed by atoms with Gasteiger partial charge in [0, 0.05) is 11.6 Å². The van der Waals surface area contributed by atoms with E-state index in [4.69, 9.17) is 9.05 Å². The molecule has 0 unspecified atom stereocenters. The molecule has 0 bridgehead atoms. The molecule has 0 amide bonds. The minimum absolute atomic E-state index is 0.00592. The molecule has 1 heterocycles. The molecule has 1 aliphatic heterocycles. The second-order valence-electron chi connectivity index (χ2n) is 8.89. The quantitative estimate of drug-likeness (QED) is 0.367. The van der Waals surface area contributed by atoms with Gasteiger partial charge in [-0.3, -0.25) is 4.57 Å². The lowest BCUT2D eigenvalue weighted by Crippen LogP contribution is -2.31. The van der Waals surface area contributed by atoms with E-state index < -0.39 is 19.3 Å². The molecular formula is C27H27F3NO3P. The number of alkyl halides is 3. The van der Waals surface area contributed by atoms with Crippen LogP contribution >= 0.6 is 7.60 Å². The predicted octanol–water partition coefficient (Wildman–Crippen LogP) is 7.07. The smallest absolute Gasteiger partial charge is 0.378 e. The third-order valence-corrected chi connectivity index (χ3v) is 9.00. The minimum atomic E-state index is -4.37. The molecule has 5 rings (SSSR count). The van der Waals surface area contributed by atoms with Gasteiger partial charge < -0.3 is 14.4 Å². The summed E-state index contributed by atoms with van der Waals surface area (Å²) in [6.45, 7) is 4.09. The first kappa shape index (κ1) is 24.1. The van der Waals surface area contributed by atoms with Crippen molar-refractivity contribution in [1.29, 1.82) is 0 Å². The van der Waals surface area contributed by atoms with Gasteiger partial charge >= 0.3 is 13.8 Å². The van der Waals surface area contributed by atoms with Crippen LogP contribution in [0, 0.1) is 5.92 Å². The Morgan fingerprint density at radius 3 is 2.29 bits per heavy atom. The average molecular weight is 501 g/mol. The molecule has 4 nitrogen and oxygen atoms in total. The molecule has 3 aromatic rings. The minimum Gasteiger partial charge on any atom is -0.378 e. The average Bonchev–Trinajstić information content (AvgIpc) is 3.23. The van der Waals surface area contributed by atoms with Gasteiger partial charge in [0.05, 0.1) is 30.1 Å². The maximum atomic E-state index is 13.5. The molecule has 2 aliphatic rings. The van der Waals surface area contributed by atoms with Crippen LogP contribution in [0.5, 0.6) is 0 Å². The van der Waals surface area contributed by atoms with E-state index in [1.165, 1.54) is 11.1 Å². The molecule has 184 valence electrons. The fourth-order valence-electron chi connectivity index (χ4n) is 5.45. The Labute approximate surface area is 203 Å². The summed E-state index contributed by atoms with van der Waals surface area (Å²) >= 11 is 0. The van der Waals surface area contributed by atoms with Crippen LogP contribution in [0.3, 0.4) is 0 Å². The Morgan fingerprint density at radius 2 is 1.63 bits per heavy atom. The van der Waals surface area contributed by atoms with Gasteiger partial charge in [-0.05, 0) is 78.8 Å². The van der Waals surface area contributed by atoms with Gasteiger partial charge in [-0.1, -0.05) is 36.4 Å². The van der Waals surface area contributed by atoms with Crippen LogP contribution in [0.25, 0.3) is 0 Å². The van der Waals surface area contributed by atoms with Gasteiger partial charge in [0.1, 0.15) is 0 Å². The highest BCUT2D eigenvalue weighted by Gasteiger charge is 2.44. The van der Waals surface area contributed by atoms with E-state index in [0.29, 0.717) is 5.30 Å². The van der Waals surface area contributed by atoms with Crippen molar-refractivity contribution in [2.75, 3.05) is 18.5 Å². The molecule has 1 aliphatic carbocycles. The Bertz CT molecular complexity index is 1270. The Morgan fingerprint density at radius 1 is 0.943 bits per heavy atom. The van der Waals surface area contributed by atoms with Crippen molar-refractivity contribution in [2.24, 2.45) is 5.92 Å². The summed E-state index contributed by atoms with van der Waals surface area (Å²) in [5.41, 5.74) is 4.44. The van der Waals surface area contributed by atoms with Gasteiger partial charge in [0.15, 0.2) is 0 Å². The largest absolute Gasteiger partial charge is 0.416 e. The SMILES string of the molecule is CCOP(=O)(OCC)c1ccc2c(c1)[C@H]1c3ccccc3C[C@H]1[C@@H](c1ccc(C(F)(F)F)cc1)N2. The van der Waals surface area contributed by atoms with E-state index in [-0.39, 0.29) is 31.1 Å². The lowest BCUT2D eigenvalue weighted by molar-refractivity contribution is -0.137. The Hall–Kier alpha value is -2.60. The monoisotopic (exact) mass is 501 g/mol. The van der Waals surface area contributed by atoms with Crippen molar-refractivity contribution in [1.82, 2.24) is 0 Å². The van der Waals surface area contributed by atoms with Crippen LogP contribution in [0.1, 0.15) is 53.6 Å². The number of halogens is 3. The van der Waals surface area contributed by atoms with Crippen molar-refractivity contribution < 1.29 is 26.8 Å². The highest BCUT2D eigenvalue weighted by molar-refractivity contribution is 7.62. The van der Waals surface area contributed by atoms with Crippen LogP contribution in [0.2, 0.25) is 0 Å². The van der Waals surface area contributed by atoms with Gasteiger partial charge in [0.2, 0.25) is 0 Å². The zero-order valence-electron chi connectivity index (χ0n) is 19.5. The number of hydrogen-bond donors (Lipinski definition) is 1. The highest BCUT2D eigenvalue weighted by Crippen LogP contribution is 2.55. The fourth-order valence-corrected chi connectivity index (χ4v) is 7.06. The first-order valence-electron chi connectivity index (χ1n) is 11.8. The van der Waals surface area contributed by atoms with Crippen molar-refractivity contribution in [2.45, 2.75) is 38.4 Å². The summed E-state index contributed by atoms with van der Waals surface area (Å²) in [6, 6.07) is 19.0. The summed E-state index contributed by atoms with van der Waals surface area (Å²) in [5.74, 6) is 0.0943. The van der Waals surface area contributed by atoms with Crippen LogP contribution in [-0.4, -0.2) is 13.2 Å². The molecule has 3 aromatic carbocycles. The van der Waals surface area contributed by atoms with E-state index in [0.717, 1.165) is 35.4 Å². The third kappa shape index (κ3) is 4.31. The normalized spacial score (nSPS) is 21.1. The van der Waals surface area contributed by atoms with E-state index in [1.54, 1.807) is 32.0 Å². The zero-order valence-corrected chi connectivity index (χ0v) is 20.4. The van der Waals surface area contributed by atoms with E-state index in [1.807, 2.05) is 24.3 Å². The molecule has 0 saturated heterocycles. The first-order valence-corrected chi connectivity index (χ1v) is 13.3. The Balaban J connectivity index is 1.60. The maximum absolute atomic E-state index is 13.5. The first-order chi connectivity index (χ1) is 16.7. The van der Waals surface area contributed by atoms with Crippen molar-refractivity contribution in [3.05, 3.63) is 94.5 Å². The van der Waals surface area contributed by atoms with Crippen LogP contribution in [-0.2, 0) is 26.2 Å². The molecule has 0 radical (unpaired) electrons. The summed E-state index contributed by atoms with van der Waals surface area (Å²) in [4.78, 5) is 0. The van der Waals surface area contributed by atoms with Crippen molar-refractivity contribution >= 4 is 18.6 Å². The molecule has 0 fully saturated rings. The molecule has 35 heavy (non-hydrogen) atoms. The topological polar surface area (TPSA) is 47.6 Å². The molecule has 0 aromatic heterocycles. The van der Waals surface area contributed by atoms with Crippen LogP contribution in [0.4, 0.5) is 18.9 Å².